The molecular formula is C21H21N3O3S2. The maximum absolute atomic E-state index is 12.7. The summed E-state index contributed by atoms with van der Waals surface area (Å²) >= 11 is 2.43. The Labute approximate surface area is 177 Å². The van der Waals surface area contributed by atoms with Gasteiger partial charge in [0.1, 0.15) is 6.54 Å². The Balaban J connectivity index is 1.36. The molecule has 2 aliphatic heterocycles. The number of anilines is 1. The molecule has 150 valence electrons. The second-order valence-corrected chi connectivity index (χ2v) is 8.88. The number of aryl methyl sites for hydroxylation is 1. The molecule has 0 bridgehead atoms. The maximum atomic E-state index is 12.7. The van der Waals surface area contributed by atoms with Crippen LogP contribution in [0.4, 0.5) is 10.5 Å². The number of carbonyl (C=O) groups is 3. The molecule has 2 fully saturated rings. The number of amides is 3. The molecule has 3 amide bonds. The van der Waals surface area contributed by atoms with E-state index in [-0.39, 0.29) is 23.6 Å². The predicted molar refractivity (Wildman–Crippen MR) is 117 cm³/mol. The van der Waals surface area contributed by atoms with E-state index in [2.05, 4.69) is 17.0 Å². The average Bonchev–Trinajstić information content (AvgIpc) is 3.26. The monoisotopic (exact) mass is 427 g/mol. The first-order valence-corrected chi connectivity index (χ1v) is 11.1. The van der Waals surface area contributed by atoms with Crippen LogP contribution in [0.1, 0.15) is 10.4 Å². The van der Waals surface area contributed by atoms with Crippen LogP contribution in [0.2, 0.25) is 0 Å². The molecule has 3 heterocycles. The molecule has 8 heteroatoms. The van der Waals surface area contributed by atoms with Gasteiger partial charge in [-0.3, -0.25) is 19.3 Å². The highest BCUT2D eigenvalue weighted by Crippen LogP contribution is 2.33. The normalized spacial score (nSPS) is 18.8. The Kier molecular flexibility index (Phi) is 5.73. The van der Waals surface area contributed by atoms with Crippen molar-refractivity contribution in [1.29, 1.82) is 0 Å². The smallest absolute Gasteiger partial charge is 0.294 e. The molecule has 1 aromatic heterocycles. The van der Waals surface area contributed by atoms with Crippen molar-refractivity contribution in [2.24, 2.45) is 0 Å². The number of hydrogen-bond acceptors (Lipinski definition) is 6. The quantitative estimate of drug-likeness (QED) is 0.700. The molecule has 2 aromatic rings. The summed E-state index contributed by atoms with van der Waals surface area (Å²) in [5.74, 6) is -0.572. The van der Waals surface area contributed by atoms with Gasteiger partial charge in [-0.25, -0.2) is 0 Å². The molecule has 0 unspecified atom stereocenters. The van der Waals surface area contributed by atoms with Gasteiger partial charge in [0.05, 0.1) is 4.91 Å². The van der Waals surface area contributed by atoms with E-state index in [0.717, 1.165) is 45.9 Å². The average molecular weight is 428 g/mol. The van der Waals surface area contributed by atoms with Crippen LogP contribution in [-0.2, 0) is 9.59 Å². The summed E-state index contributed by atoms with van der Waals surface area (Å²) in [7, 11) is 0. The minimum atomic E-state index is -0.385. The van der Waals surface area contributed by atoms with Crippen molar-refractivity contribution >= 4 is 51.9 Å². The number of para-hydroxylation sites is 1. The lowest BCUT2D eigenvalue weighted by molar-refractivity contribution is -0.136. The molecule has 0 atom stereocenters. The Morgan fingerprint density at radius 1 is 1.07 bits per heavy atom. The first-order chi connectivity index (χ1) is 14.0. The highest BCUT2D eigenvalue weighted by molar-refractivity contribution is 8.18. The van der Waals surface area contributed by atoms with Crippen LogP contribution in [0, 0.1) is 6.92 Å². The van der Waals surface area contributed by atoms with Crippen molar-refractivity contribution in [3.63, 3.8) is 0 Å². The summed E-state index contributed by atoms with van der Waals surface area (Å²) < 4.78 is 0. The molecule has 6 nitrogen and oxygen atoms in total. The van der Waals surface area contributed by atoms with E-state index in [4.69, 9.17) is 0 Å². The van der Waals surface area contributed by atoms with Gasteiger partial charge in [0.25, 0.3) is 11.1 Å². The molecule has 0 spiro atoms. The van der Waals surface area contributed by atoms with Crippen molar-refractivity contribution in [3.05, 3.63) is 57.1 Å². The van der Waals surface area contributed by atoms with E-state index >= 15 is 0 Å². The number of thiophene rings is 1. The Hall–Kier alpha value is -2.58. The second kappa shape index (κ2) is 8.42. The highest BCUT2D eigenvalue weighted by atomic mass is 32.2. The number of rotatable bonds is 4. The van der Waals surface area contributed by atoms with Gasteiger partial charge in [0.15, 0.2) is 0 Å². The Morgan fingerprint density at radius 3 is 2.45 bits per heavy atom. The number of benzene rings is 1. The summed E-state index contributed by atoms with van der Waals surface area (Å²) in [6.07, 6.45) is 1.74. The fourth-order valence-corrected chi connectivity index (χ4v) is 5.13. The topological polar surface area (TPSA) is 60.9 Å². The van der Waals surface area contributed by atoms with E-state index in [9.17, 15) is 14.4 Å². The number of imide groups is 1. The van der Waals surface area contributed by atoms with Crippen molar-refractivity contribution in [3.8, 4) is 0 Å². The first kappa shape index (κ1) is 19.7. The van der Waals surface area contributed by atoms with Crippen LogP contribution in [0.15, 0.2) is 46.7 Å². The van der Waals surface area contributed by atoms with Crippen molar-refractivity contribution in [2.75, 3.05) is 37.6 Å². The van der Waals surface area contributed by atoms with E-state index in [1.54, 1.807) is 11.0 Å². The lowest BCUT2D eigenvalue weighted by Crippen LogP contribution is -2.51. The molecule has 0 aliphatic carbocycles. The zero-order valence-corrected chi connectivity index (χ0v) is 17.7. The molecular weight excluding hydrogens is 406 g/mol. The number of carbonyl (C=O) groups excluding carboxylic acids is 3. The fourth-order valence-electron chi connectivity index (χ4n) is 3.38. The predicted octanol–water partition coefficient (Wildman–Crippen LogP) is 3.44. The maximum Gasteiger partial charge on any atom is 0.294 e. The molecule has 2 saturated heterocycles. The number of piperazine rings is 1. The van der Waals surface area contributed by atoms with Gasteiger partial charge in [-0.05, 0) is 53.9 Å². The van der Waals surface area contributed by atoms with E-state index in [1.165, 1.54) is 11.3 Å². The third kappa shape index (κ3) is 4.23. The highest BCUT2D eigenvalue weighted by Gasteiger charge is 2.37. The van der Waals surface area contributed by atoms with Crippen molar-refractivity contribution < 1.29 is 14.4 Å². The van der Waals surface area contributed by atoms with Crippen LogP contribution in [0.25, 0.3) is 6.08 Å². The van der Waals surface area contributed by atoms with Gasteiger partial charge >= 0.3 is 0 Å². The Morgan fingerprint density at radius 2 is 1.79 bits per heavy atom. The second-order valence-electron chi connectivity index (χ2n) is 6.94. The lowest BCUT2D eigenvalue weighted by atomic mass is 10.2. The van der Waals surface area contributed by atoms with Crippen LogP contribution in [-0.4, -0.2) is 59.6 Å². The summed E-state index contributed by atoms with van der Waals surface area (Å²) in [6, 6.07) is 12.1. The minimum absolute atomic E-state index is 0.187. The number of nitrogens with zero attached hydrogens (tertiary/aromatic N) is 3. The third-order valence-electron chi connectivity index (χ3n) is 5.08. The zero-order chi connectivity index (χ0) is 20.4. The summed E-state index contributed by atoms with van der Waals surface area (Å²) in [6.45, 7) is 4.38. The third-order valence-corrected chi connectivity index (χ3v) is 6.96. The molecule has 2 aliphatic rings. The lowest BCUT2D eigenvalue weighted by Gasteiger charge is -2.36. The largest absolute Gasteiger partial charge is 0.368 e. The van der Waals surface area contributed by atoms with Gasteiger partial charge in [-0.2, -0.15) is 0 Å². The Bertz CT molecular complexity index is 963. The number of thioether (sulfide) groups is 1. The minimum Gasteiger partial charge on any atom is -0.368 e. The van der Waals surface area contributed by atoms with Gasteiger partial charge in [0, 0.05) is 36.7 Å². The molecule has 0 radical (unpaired) electrons. The van der Waals surface area contributed by atoms with Crippen molar-refractivity contribution in [2.45, 2.75) is 6.92 Å². The first-order valence-electron chi connectivity index (χ1n) is 9.40. The van der Waals surface area contributed by atoms with Gasteiger partial charge in [0.2, 0.25) is 5.91 Å². The van der Waals surface area contributed by atoms with Gasteiger partial charge in [-0.15, -0.1) is 11.3 Å². The zero-order valence-electron chi connectivity index (χ0n) is 16.0. The molecule has 0 N–H and O–H groups in total. The standard InChI is InChI=1S/C21H21N3O3S2/c1-15-7-12-28-17(15)13-18-20(26)24(21(27)29-18)14-19(25)23-10-8-22(9-11-23)16-5-3-2-4-6-16/h2-7,12-13H,8-11,14H2,1H3/b18-13-. The fraction of sp³-hybridized carbons (Fsp3) is 0.286. The summed E-state index contributed by atoms with van der Waals surface area (Å²) in [4.78, 5) is 44.0. The summed E-state index contributed by atoms with van der Waals surface area (Å²) in [5.41, 5.74) is 2.20. The van der Waals surface area contributed by atoms with E-state index < -0.39 is 0 Å². The van der Waals surface area contributed by atoms with Gasteiger partial charge < -0.3 is 9.80 Å². The van der Waals surface area contributed by atoms with Crippen LogP contribution in [0.5, 0.6) is 0 Å². The molecule has 4 rings (SSSR count). The number of hydrogen-bond donors (Lipinski definition) is 0. The molecule has 0 saturated carbocycles. The SMILES string of the molecule is Cc1ccsc1/C=C1\SC(=O)N(CC(=O)N2CCN(c3ccccc3)CC2)C1=O. The van der Waals surface area contributed by atoms with E-state index in [0.29, 0.717) is 18.0 Å². The molecule has 1 aromatic carbocycles. The van der Waals surface area contributed by atoms with Crippen LogP contribution >= 0.6 is 23.1 Å². The molecule has 29 heavy (non-hydrogen) atoms. The van der Waals surface area contributed by atoms with E-state index in [1.807, 2.05) is 36.6 Å². The van der Waals surface area contributed by atoms with Gasteiger partial charge in [-0.1, -0.05) is 18.2 Å². The van der Waals surface area contributed by atoms with Crippen LogP contribution in [0.3, 0.4) is 0 Å². The summed E-state index contributed by atoms with van der Waals surface area (Å²) in [5, 5.41) is 1.57. The van der Waals surface area contributed by atoms with Crippen LogP contribution < -0.4 is 4.90 Å². The van der Waals surface area contributed by atoms with Crippen molar-refractivity contribution in [1.82, 2.24) is 9.80 Å².